The smallest absolute Gasteiger partial charge is 0.230 e. The van der Waals surface area contributed by atoms with E-state index in [0.29, 0.717) is 0 Å². The lowest BCUT2D eigenvalue weighted by atomic mass is 9.64. The van der Waals surface area contributed by atoms with Crippen molar-refractivity contribution in [2.75, 3.05) is 0 Å². The summed E-state index contributed by atoms with van der Waals surface area (Å²) in [4.78, 5) is 10.4. The highest BCUT2D eigenvalue weighted by molar-refractivity contribution is 6.69. The number of rotatable bonds is 3. The van der Waals surface area contributed by atoms with Gasteiger partial charge >= 0.3 is 0 Å². The summed E-state index contributed by atoms with van der Waals surface area (Å²) in [6, 6.07) is 20.7. The third-order valence-corrected chi connectivity index (χ3v) is 3.27. The fourth-order valence-corrected chi connectivity index (χ4v) is 1.76. The van der Waals surface area contributed by atoms with Gasteiger partial charge in [-0.25, -0.2) is 0 Å². The number of hydrogen-bond acceptors (Lipinski definition) is 2. The summed E-state index contributed by atoms with van der Waals surface area (Å²) >= 11 is 15.9. The minimum atomic E-state index is -1.67. The van der Waals surface area contributed by atoms with Crippen LogP contribution in [0.5, 0.6) is 0 Å². The van der Waals surface area contributed by atoms with E-state index in [1.807, 2.05) is 12.1 Å². The Morgan fingerprint density at radius 3 is 1.61 bits per heavy atom. The molecule has 0 atom stereocenters. The number of halogens is 3. The maximum atomic E-state index is 10.4. The molecule has 0 aliphatic carbocycles. The molecule has 0 fully saturated rings. The Hall–Kier alpha value is -1.42. The van der Waals surface area contributed by atoms with Crippen molar-refractivity contribution in [2.24, 2.45) is 5.73 Å². The van der Waals surface area contributed by atoms with Gasteiger partial charge in [0.25, 0.3) is 0 Å². The summed E-state index contributed by atoms with van der Waals surface area (Å²) in [5.41, 5.74) is 7.62. The van der Waals surface area contributed by atoms with Gasteiger partial charge in [0, 0.05) is 6.08 Å². The van der Waals surface area contributed by atoms with E-state index in [4.69, 9.17) is 40.5 Å². The fourth-order valence-electron chi connectivity index (χ4n) is 1.59. The molecule has 2 nitrogen and oxygen atoms in total. The molecule has 119 valence electrons. The molecule has 0 saturated heterocycles. The molecule has 23 heavy (non-hydrogen) atoms. The first-order valence-corrected chi connectivity index (χ1v) is 7.92. The maximum absolute atomic E-state index is 10.4. The average molecular weight is 367 g/mol. The van der Waals surface area contributed by atoms with Crippen molar-refractivity contribution in [3.8, 4) is 0 Å². The van der Waals surface area contributed by atoms with Crippen LogP contribution >= 0.6 is 34.8 Å². The Bertz CT molecular complexity index is 602. The predicted octanol–water partition coefficient (Wildman–Crippen LogP) is 3.13. The molecule has 0 spiro atoms. The van der Waals surface area contributed by atoms with Crippen LogP contribution in [0.25, 0.3) is 0 Å². The van der Waals surface area contributed by atoms with Crippen LogP contribution in [0.4, 0.5) is 0 Å². The average Bonchev–Trinajstić information content (AvgIpc) is 2.48. The van der Waals surface area contributed by atoms with E-state index in [9.17, 15) is 4.79 Å². The fraction of sp³-hybridized carbons (Fsp3) is 0.118. The molecular weight excluding hydrogens is 351 g/mol. The van der Waals surface area contributed by atoms with Crippen LogP contribution in [-0.4, -0.2) is 16.9 Å². The lowest BCUT2D eigenvalue weighted by Gasteiger charge is -2.09. The zero-order valence-electron chi connectivity index (χ0n) is 12.5. The molecule has 0 heterocycles. The monoisotopic (exact) mass is 366 g/mol. The summed E-state index contributed by atoms with van der Waals surface area (Å²) in [5, 5.41) is 0. The highest BCUT2D eigenvalue weighted by atomic mass is 35.6. The lowest BCUT2D eigenvalue weighted by Crippen LogP contribution is -2.26. The Labute approximate surface area is 152 Å². The van der Waals surface area contributed by atoms with E-state index in [2.05, 4.69) is 55.8 Å². The van der Waals surface area contributed by atoms with Crippen LogP contribution in [0.1, 0.15) is 6.92 Å². The Balaban J connectivity index is 0.000000241. The van der Waals surface area contributed by atoms with Crippen LogP contribution in [-0.2, 0) is 4.79 Å². The second-order valence-electron chi connectivity index (χ2n) is 4.67. The van der Waals surface area contributed by atoms with Crippen molar-refractivity contribution in [2.45, 2.75) is 10.7 Å². The summed E-state index contributed by atoms with van der Waals surface area (Å²) in [6.45, 7) is 1.32. The van der Waals surface area contributed by atoms with Crippen molar-refractivity contribution in [1.82, 2.24) is 0 Å². The number of allylic oxidation sites excluding steroid dienone is 2. The summed E-state index contributed by atoms with van der Waals surface area (Å²) in [7, 11) is 2.17. The van der Waals surface area contributed by atoms with E-state index < -0.39 is 3.79 Å². The standard InChI is InChI=1S/C12H10B.C5H6Cl3NO/c1-3-7-11(8-4-1)13-12-9-5-2-6-10-12;1-3(10)2-4(9)5(6,7)8/h1-10H;2H,9H2,1H3/b;4-2-. The third-order valence-electron chi connectivity index (χ3n) is 2.62. The van der Waals surface area contributed by atoms with Crippen LogP contribution in [0.15, 0.2) is 72.4 Å². The summed E-state index contributed by atoms with van der Waals surface area (Å²) in [5.74, 6) is -0.246. The lowest BCUT2D eigenvalue weighted by molar-refractivity contribution is -0.112. The molecular formula is C17H16BCl3NO. The second-order valence-corrected chi connectivity index (χ2v) is 6.96. The van der Waals surface area contributed by atoms with Crippen LogP contribution in [0, 0.1) is 0 Å². The van der Waals surface area contributed by atoms with E-state index in [1.165, 1.54) is 17.8 Å². The Morgan fingerprint density at radius 1 is 0.957 bits per heavy atom. The zero-order valence-corrected chi connectivity index (χ0v) is 14.8. The maximum Gasteiger partial charge on any atom is 0.230 e. The molecule has 0 unspecified atom stereocenters. The topological polar surface area (TPSA) is 43.1 Å². The molecule has 6 heteroatoms. The molecule has 0 aliphatic rings. The van der Waals surface area contributed by atoms with Gasteiger partial charge in [0.2, 0.25) is 3.79 Å². The van der Waals surface area contributed by atoms with Crippen molar-refractivity contribution in [3.05, 3.63) is 72.4 Å². The Morgan fingerprint density at radius 2 is 1.35 bits per heavy atom. The molecule has 0 saturated carbocycles. The first kappa shape index (κ1) is 19.6. The first-order valence-electron chi connectivity index (χ1n) is 6.79. The number of nitrogens with two attached hydrogens (primary N) is 1. The number of carbonyl (C=O) groups is 1. The number of ketones is 1. The highest BCUT2D eigenvalue weighted by Gasteiger charge is 2.23. The van der Waals surface area contributed by atoms with Gasteiger partial charge in [-0.15, -0.1) is 0 Å². The number of carbonyl (C=O) groups excluding carboxylic acids is 1. The largest absolute Gasteiger partial charge is 0.398 e. The number of benzene rings is 2. The molecule has 2 aromatic rings. The molecule has 1 radical (unpaired) electrons. The quantitative estimate of drug-likeness (QED) is 0.515. The highest BCUT2D eigenvalue weighted by Crippen LogP contribution is 2.31. The van der Waals surface area contributed by atoms with E-state index in [0.717, 1.165) is 6.08 Å². The molecule has 2 N–H and O–H groups in total. The zero-order chi connectivity index (χ0) is 17.3. The summed E-state index contributed by atoms with van der Waals surface area (Å²) in [6.07, 6.45) is 1.08. The van der Waals surface area contributed by atoms with Gasteiger partial charge in [0.05, 0.1) is 5.70 Å². The van der Waals surface area contributed by atoms with Crippen molar-refractivity contribution < 1.29 is 4.79 Å². The van der Waals surface area contributed by atoms with Crippen LogP contribution < -0.4 is 16.7 Å². The normalized spacial score (nSPS) is 11.2. The van der Waals surface area contributed by atoms with E-state index >= 15 is 0 Å². The second kappa shape index (κ2) is 9.66. The van der Waals surface area contributed by atoms with Gasteiger partial charge < -0.3 is 5.73 Å². The third kappa shape index (κ3) is 8.70. The minimum absolute atomic E-state index is 0.0648. The van der Waals surface area contributed by atoms with Gasteiger partial charge in [-0.1, -0.05) is 106 Å². The predicted molar refractivity (Wildman–Crippen MR) is 101 cm³/mol. The van der Waals surface area contributed by atoms with E-state index in [-0.39, 0.29) is 11.5 Å². The van der Waals surface area contributed by atoms with Gasteiger partial charge in [-0.3, -0.25) is 4.79 Å². The van der Waals surface area contributed by atoms with Crippen LogP contribution in [0.3, 0.4) is 0 Å². The van der Waals surface area contributed by atoms with Crippen LogP contribution in [0.2, 0.25) is 0 Å². The van der Waals surface area contributed by atoms with Gasteiger partial charge in [-0.2, -0.15) is 0 Å². The van der Waals surface area contributed by atoms with Gasteiger partial charge in [0.15, 0.2) is 13.1 Å². The Kier molecular flexibility index (Phi) is 8.25. The van der Waals surface area contributed by atoms with Crippen molar-refractivity contribution in [1.29, 1.82) is 0 Å². The number of hydrogen-bond donors (Lipinski definition) is 1. The molecule has 0 bridgehead atoms. The van der Waals surface area contributed by atoms with Gasteiger partial charge in [-0.05, 0) is 6.92 Å². The SMILES string of the molecule is CC(=O)/C=C(\N)C(Cl)(Cl)Cl.[B](c1ccccc1)c1ccccc1. The molecule has 0 aromatic heterocycles. The first-order chi connectivity index (χ1) is 10.8. The van der Waals surface area contributed by atoms with Crippen molar-refractivity contribution in [3.63, 3.8) is 0 Å². The van der Waals surface area contributed by atoms with E-state index in [1.54, 1.807) is 0 Å². The molecule has 0 amide bonds. The molecule has 0 aliphatic heterocycles. The number of alkyl halides is 3. The van der Waals surface area contributed by atoms with Gasteiger partial charge in [0.1, 0.15) is 0 Å². The molecule has 2 rings (SSSR count). The molecule has 2 aromatic carbocycles. The summed E-state index contributed by atoms with van der Waals surface area (Å²) < 4.78 is -1.67. The minimum Gasteiger partial charge on any atom is -0.398 e. The van der Waals surface area contributed by atoms with Crippen molar-refractivity contribution >= 4 is 58.8 Å².